The van der Waals surface area contributed by atoms with Crippen molar-refractivity contribution in [3.63, 3.8) is 0 Å². The summed E-state index contributed by atoms with van der Waals surface area (Å²) in [7, 11) is 3.14. The monoisotopic (exact) mass is 260 g/mol. The number of aromatic hydroxyl groups is 1. The summed E-state index contributed by atoms with van der Waals surface area (Å²) in [6.45, 7) is 3.90. The zero-order chi connectivity index (χ0) is 13.8. The number of fused-ring (bicyclic) bond motifs is 1. The number of phenolic OH excluding ortho intramolecular Hbond substituents is 1. The molecule has 4 heteroatoms. The SMILES string of the molecule is C=CCOc1ccc2c(OC)ccc(OC)c2c1O. The Bertz CT molecular complexity index is 605. The van der Waals surface area contributed by atoms with E-state index in [2.05, 4.69) is 6.58 Å². The third-order valence-electron chi connectivity index (χ3n) is 2.84. The largest absolute Gasteiger partial charge is 0.504 e. The summed E-state index contributed by atoms with van der Waals surface area (Å²) in [5.41, 5.74) is 0. The Hall–Kier alpha value is -2.36. The van der Waals surface area contributed by atoms with Crippen LogP contribution < -0.4 is 14.2 Å². The van der Waals surface area contributed by atoms with Gasteiger partial charge < -0.3 is 19.3 Å². The summed E-state index contributed by atoms with van der Waals surface area (Å²) in [4.78, 5) is 0. The minimum Gasteiger partial charge on any atom is -0.504 e. The van der Waals surface area contributed by atoms with Gasteiger partial charge in [-0.1, -0.05) is 12.7 Å². The first-order chi connectivity index (χ1) is 9.22. The average Bonchev–Trinajstić information content (AvgIpc) is 2.45. The maximum absolute atomic E-state index is 10.3. The molecule has 0 bridgehead atoms. The summed E-state index contributed by atoms with van der Waals surface area (Å²) in [6.07, 6.45) is 1.62. The standard InChI is InChI=1S/C15H16O4/c1-4-9-19-13-6-5-10-11(17-2)7-8-12(18-3)14(10)15(13)16/h4-8,16H,1,9H2,2-3H3. The highest BCUT2D eigenvalue weighted by Gasteiger charge is 2.15. The third kappa shape index (κ3) is 2.29. The molecule has 100 valence electrons. The van der Waals surface area contributed by atoms with Crippen LogP contribution in [0.3, 0.4) is 0 Å². The first-order valence-corrected chi connectivity index (χ1v) is 5.83. The molecule has 19 heavy (non-hydrogen) atoms. The van der Waals surface area contributed by atoms with Crippen LogP contribution in [0.1, 0.15) is 0 Å². The lowest BCUT2D eigenvalue weighted by atomic mass is 10.1. The number of hydrogen-bond acceptors (Lipinski definition) is 4. The predicted molar refractivity (Wildman–Crippen MR) is 74.4 cm³/mol. The first kappa shape index (κ1) is 13.1. The maximum atomic E-state index is 10.3. The van der Waals surface area contributed by atoms with E-state index in [1.165, 1.54) is 0 Å². The molecular weight excluding hydrogens is 244 g/mol. The van der Waals surface area contributed by atoms with E-state index in [-0.39, 0.29) is 5.75 Å². The predicted octanol–water partition coefficient (Wildman–Crippen LogP) is 3.13. The van der Waals surface area contributed by atoms with E-state index in [0.29, 0.717) is 29.2 Å². The van der Waals surface area contributed by atoms with Gasteiger partial charge in [-0.05, 0) is 24.3 Å². The highest BCUT2D eigenvalue weighted by molar-refractivity contribution is 5.99. The Balaban J connectivity index is 2.68. The van der Waals surface area contributed by atoms with Crippen LogP contribution in [0.15, 0.2) is 36.9 Å². The molecule has 0 amide bonds. The van der Waals surface area contributed by atoms with Crippen molar-refractivity contribution in [3.05, 3.63) is 36.9 Å². The second-order valence-corrected chi connectivity index (χ2v) is 3.90. The van der Waals surface area contributed by atoms with Crippen LogP contribution in [-0.4, -0.2) is 25.9 Å². The van der Waals surface area contributed by atoms with Crippen LogP contribution in [0.25, 0.3) is 10.8 Å². The number of benzene rings is 2. The Morgan fingerprint density at radius 2 is 1.68 bits per heavy atom. The molecule has 4 nitrogen and oxygen atoms in total. The number of methoxy groups -OCH3 is 2. The summed E-state index contributed by atoms with van der Waals surface area (Å²) in [5.74, 6) is 1.66. The van der Waals surface area contributed by atoms with Crippen molar-refractivity contribution in [3.8, 4) is 23.0 Å². The van der Waals surface area contributed by atoms with Crippen molar-refractivity contribution < 1.29 is 19.3 Å². The fourth-order valence-corrected chi connectivity index (χ4v) is 1.96. The average molecular weight is 260 g/mol. The Labute approximate surface area is 111 Å². The van der Waals surface area contributed by atoms with E-state index in [4.69, 9.17) is 14.2 Å². The molecular formula is C15H16O4. The van der Waals surface area contributed by atoms with E-state index in [1.807, 2.05) is 6.07 Å². The van der Waals surface area contributed by atoms with Crippen molar-refractivity contribution in [2.24, 2.45) is 0 Å². The van der Waals surface area contributed by atoms with Gasteiger partial charge in [0.25, 0.3) is 0 Å². The molecule has 2 aromatic rings. The van der Waals surface area contributed by atoms with Gasteiger partial charge in [0.1, 0.15) is 18.1 Å². The van der Waals surface area contributed by atoms with E-state index in [9.17, 15) is 5.11 Å². The molecule has 0 aliphatic heterocycles. The topological polar surface area (TPSA) is 47.9 Å². The highest BCUT2D eigenvalue weighted by atomic mass is 16.5. The van der Waals surface area contributed by atoms with Crippen molar-refractivity contribution >= 4 is 10.8 Å². The summed E-state index contributed by atoms with van der Waals surface area (Å²) >= 11 is 0. The summed E-state index contributed by atoms with van der Waals surface area (Å²) in [6, 6.07) is 7.07. The lowest BCUT2D eigenvalue weighted by molar-refractivity contribution is 0.337. The molecule has 0 radical (unpaired) electrons. The first-order valence-electron chi connectivity index (χ1n) is 5.83. The normalized spacial score (nSPS) is 10.2. The molecule has 0 aliphatic carbocycles. The molecule has 0 aliphatic rings. The Kier molecular flexibility index (Phi) is 3.80. The molecule has 0 unspecified atom stereocenters. The van der Waals surface area contributed by atoms with Gasteiger partial charge in [-0.3, -0.25) is 0 Å². The molecule has 0 aromatic heterocycles. The Morgan fingerprint density at radius 1 is 1.05 bits per heavy atom. The minimum atomic E-state index is 0.0371. The second-order valence-electron chi connectivity index (χ2n) is 3.90. The van der Waals surface area contributed by atoms with Crippen LogP contribution in [0.5, 0.6) is 23.0 Å². The second kappa shape index (κ2) is 5.52. The van der Waals surface area contributed by atoms with Crippen molar-refractivity contribution in [2.75, 3.05) is 20.8 Å². The zero-order valence-corrected chi connectivity index (χ0v) is 11.0. The van der Waals surface area contributed by atoms with E-state index in [1.54, 1.807) is 38.5 Å². The lowest BCUT2D eigenvalue weighted by Gasteiger charge is -2.13. The smallest absolute Gasteiger partial charge is 0.169 e. The minimum absolute atomic E-state index is 0.0371. The van der Waals surface area contributed by atoms with Gasteiger partial charge in [-0.25, -0.2) is 0 Å². The molecule has 0 atom stereocenters. The van der Waals surface area contributed by atoms with Gasteiger partial charge in [0.2, 0.25) is 0 Å². The van der Waals surface area contributed by atoms with E-state index < -0.39 is 0 Å². The van der Waals surface area contributed by atoms with Gasteiger partial charge in [-0.15, -0.1) is 0 Å². The fourth-order valence-electron chi connectivity index (χ4n) is 1.96. The third-order valence-corrected chi connectivity index (χ3v) is 2.84. The van der Waals surface area contributed by atoms with Gasteiger partial charge in [0.15, 0.2) is 11.5 Å². The van der Waals surface area contributed by atoms with Crippen molar-refractivity contribution in [1.82, 2.24) is 0 Å². The number of rotatable bonds is 5. The van der Waals surface area contributed by atoms with E-state index in [0.717, 1.165) is 5.39 Å². The van der Waals surface area contributed by atoms with E-state index >= 15 is 0 Å². The van der Waals surface area contributed by atoms with Gasteiger partial charge in [0, 0.05) is 5.39 Å². The fraction of sp³-hybridized carbons (Fsp3) is 0.200. The van der Waals surface area contributed by atoms with Crippen LogP contribution in [0.2, 0.25) is 0 Å². The van der Waals surface area contributed by atoms with Crippen LogP contribution in [-0.2, 0) is 0 Å². The highest BCUT2D eigenvalue weighted by Crippen LogP contribution is 2.43. The van der Waals surface area contributed by atoms with Gasteiger partial charge in [0.05, 0.1) is 19.6 Å². The molecule has 0 fully saturated rings. The molecule has 0 saturated heterocycles. The Morgan fingerprint density at radius 3 is 2.32 bits per heavy atom. The van der Waals surface area contributed by atoms with Crippen molar-refractivity contribution in [2.45, 2.75) is 0 Å². The molecule has 0 heterocycles. The quantitative estimate of drug-likeness (QED) is 0.839. The van der Waals surface area contributed by atoms with Gasteiger partial charge >= 0.3 is 0 Å². The maximum Gasteiger partial charge on any atom is 0.169 e. The molecule has 2 rings (SSSR count). The number of hydrogen-bond donors (Lipinski definition) is 1. The van der Waals surface area contributed by atoms with Gasteiger partial charge in [-0.2, -0.15) is 0 Å². The molecule has 1 N–H and O–H groups in total. The summed E-state index contributed by atoms with van der Waals surface area (Å²) in [5, 5.41) is 11.7. The summed E-state index contributed by atoms with van der Waals surface area (Å²) < 4.78 is 16.0. The number of ether oxygens (including phenoxy) is 3. The molecule has 0 saturated carbocycles. The zero-order valence-electron chi connectivity index (χ0n) is 11.0. The molecule has 0 spiro atoms. The van der Waals surface area contributed by atoms with Crippen molar-refractivity contribution in [1.29, 1.82) is 0 Å². The molecule has 2 aromatic carbocycles. The van der Waals surface area contributed by atoms with Crippen LogP contribution in [0.4, 0.5) is 0 Å². The lowest BCUT2D eigenvalue weighted by Crippen LogP contribution is -1.95. The van der Waals surface area contributed by atoms with Crippen LogP contribution in [0, 0.1) is 0 Å². The number of phenols is 1. The van der Waals surface area contributed by atoms with Crippen LogP contribution >= 0.6 is 0 Å².